The first-order chi connectivity index (χ1) is 18.6. The number of nitrogens with one attached hydrogen (secondary N) is 3. The van der Waals surface area contributed by atoms with Crippen molar-refractivity contribution in [2.45, 2.75) is 38.6 Å². The fourth-order valence-corrected chi connectivity index (χ4v) is 4.52. The molecule has 4 N–H and O–H groups in total. The Kier molecular flexibility index (Phi) is 7.94. The van der Waals surface area contributed by atoms with Gasteiger partial charge in [-0.25, -0.2) is 5.48 Å². The Morgan fingerprint density at radius 2 is 1.84 bits per heavy atom. The molecule has 0 spiro atoms. The normalized spacial score (nSPS) is 15.5. The monoisotopic (exact) mass is 510 g/mol. The first-order valence-corrected chi connectivity index (χ1v) is 12.5. The molecular weight excluding hydrogens is 480 g/mol. The summed E-state index contributed by atoms with van der Waals surface area (Å²) in [6.45, 7) is 2.99. The molecule has 0 radical (unpaired) electrons. The van der Waals surface area contributed by atoms with Crippen LogP contribution >= 0.6 is 0 Å². The molecule has 194 valence electrons. The van der Waals surface area contributed by atoms with Crippen molar-refractivity contribution in [1.82, 2.24) is 21.3 Å². The van der Waals surface area contributed by atoms with Gasteiger partial charge in [0.15, 0.2) is 0 Å². The third-order valence-corrected chi connectivity index (χ3v) is 6.46. The van der Waals surface area contributed by atoms with Gasteiger partial charge in [-0.2, -0.15) is 0 Å². The number of fused-ring (bicyclic) bond motifs is 1. The van der Waals surface area contributed by atoms with E-state index in [0.717, 1.165) is 44.7 Å². The lowest BCUT2D eigenvalue weighted by Crippen LogP contribution is -2.43. The van der Waals surface area contributed by atoms with Crippen LogP contribution in [0.1, 0.15) is 28.8 Å². The Morgan fingerprint density at radius 3 is 2.63 bits per heavy atom. The van der Waals surface area contributed by atoms with Gasteiger partial charge in [-0.3, -0.25) is 25.3 Å². The number of amides is 1. The molecule has 8 heteroatoms. The van der Waals surface area contributed by atoms with Crippen LogP contribution in [0.5, 0.6) is 5.75 Å². The number of carbonyl (C=O) groups excluding carboxylic acids is 1. The van der Waals surface area contributed by atoms with E-state index in [1.54, 1.807) is 5.48 Å². The molecule has 1 aliphatic heterocycles. The number of hydrogen-bond donors (Lipinski definition) is 4. The lowest BCUT2D eigenvalue weighted by atomic mass is 10.0. The van der Waals surface area contributed by atoms with E-state index < -0.39 is 12.0 Å². The number of hydrogen-bond acceptors (Lipinski definition) is 7. The molecule has 2 atom stereocenters. The minimum atomic E-state index is -0.486. The summed E-state index contributed by atoms with van der Waals surface area (Å²) in [6.07, 6.45) is 1.58. The molecule has 2 unspecified atom stereocenters. The molecule has 8 nitrogen and oxygen atoms in total. The Balaban J connectivity index is 1.24. The lowest BCUT2D eigenvalue weighted by Gasteiger charge is -2.22. The predicted molar refractivity (Wildman–Crippen MR) is 145 cm³/mol. The molecule has 2 heterocycles. The molecule has 4 aromatic rings. The molecule has 1 aliphatic rings. The number of rotatable bonds is 10. The smallest absolute Gasteiger partial charge is 0.245 e. The molecule has 1 amide bonds. The highest BCUT2D eigenvalue weighted by atomic mass is 16.7. The summed E-state index contributed by atoms with van der Waals surface area (Å²) in [4.78, 5) is 22.3. The van der Waals surface area contributed by atoms with E-state index >= 15 is 0 Å². The van der Waals surface area contributed by atoms with Crippen LogP contribution < -0.4 is 21.0 Å². The van der Waals surface area contributed by atoms with Gasteiger partial charge in [0.2, 0.25) is 5.91 Å². The quantitative estimate of drug-likeness (QED) is 0.185. The third-order valence-electron chi connectivity index (χ3n) is 6.46. The second-order valence-electron chi connectivity index (χ2n) is 9.23. The van der Waals surface area contributed by atoms with Gasteiger partial charge in [-0.05, 0) is 60.5 Å². The van der Waals surface area contributed by atoms with Gasteiger partial charge in [0.25, 0.3) is 0 Å². The molecule has 0 aliphatic carbocycles. The van der Waals surface area contributed by atoms with Gasteiger partial charge in [0.05, 0.1) is 11.2 Å². The molecule has 5 rings (SSSR count). The van der Waals surface area contributed by atoms with Crippen molar-refractivity contribution in [2.75, 3.05) is 0 Å². The Hall–Kier alpha value is -4.24. The predicted octanol–water partition coefficient (Wildman–Crippen LogP) is 4.42. The largest absolute Gasteiger partial charge is 0.489 e. The zero-order valence-corrected chi connectivity index (χ0v) is 21.1. The Labute approximate surface area is 221 Å². The average Bonchev–Trinajstić information content (AvgIpc) is 3.45. The molecule has 1 aromatic heterocycles. The maximum atomic E-state index is 11.9. The minimum absolute atomic E-state index is 0.0510. The van der Waals surface area contributed by atoms with E-state index in [0.29, 0.717) is 13.2 Å². The Morgan fingerprint density at radius 1 is 1.08 bits per heavy atom. The van der Waals surface area contributed by atoms with E-state index in [4.69, 9.17) is 14.8 Å². The number of hydroxylamine groups is 2. The maximum Gasteiger partial charge on any atom is 0.245 e. The fourth-order valence-electron chi connectivity index (χ4n) is 4.52. The van der Waals surface area contributed by atoms with Crippen LogP contribution in [0, 0.1) is 6.92 Å². The summed E-state index contributed by atoms with van der Waals surface area (Å²) in [7, 11) is 0. The van der Waals surface area contributed by atoms with Crippen molar-refractivity contribution in [3.8, 4) is 5.75 Å². The zero-order valence-electron chi connectivity index (χ0n) is 21.1. The van der Waals surface area contributed by atoms with Crippen molar-refractivity contribution < 1.29 is 19.6 Å². The van der Waals surface area contributed by atoms with Gasteiger partial charge in [-0.15, -0.1) is 0 Å². The highest BCUT2D eigenvalue weighted by Crippen LogP contribution is 2.25. The lowest BCUT2D eigenvalue weighted by molar-refractivity contribution is -0.130. The Bertz CT molecular complexity index is 1420. The first-order valence-electron chi connectivity index (χ1n) is 12.5. The van der Waals surface area contributed by atoms with Crippen LogP contribution in [0.3, 0.4) is 0 Å². The van der Waals surface area contributed by atoms with Crippen molar-refractivity contribution >= 4 is 22.5 Å². The topological polar surface area (TPSA) is 105 Å². The van der Waals surface area contributed by atoms with Crippen molar-refractivity contribution in [1.29, 1.82) is 0 Å². The third kappa shape index (κ3) is 6.18. The summed E-state index contributed by atoms with van der Waals surface area (Å²) in [5.74, 6) is 0.269. The van der Waals surface area contributed by atoms with Gasteiger partial charge < -0.3 is 10.1 Å². The summed E-state index contributed by atoms with van der Waals surface area (Å²) in [6, 6.07) is 27.4. The van der Waals surface area contributed by atoms with Crippen LogP contribution in [-0.4, -0.2) is 28.2 Å². The summed E-state index contributed by atoms with van der Waals surface area (Å²) < 4.78 is 6.09. The standard InChI is InChI=1S/C30H30N4O4/c1-20-15-23(25-9-5-6-10-26(25)32-20)19-37-24-13-11-22(12-14-24)27-16-29(38-34-27)28(17-30(35)33-36)31-18-21-7-3-2-4-8-21/h2-16,28-29,31,34,36H,17-19H2,1H3,(H,33,35). The number of aryl methyl sites for hydroxylation is 1. The number of ether oxygens (including phenoxy) is 1. The molecule has 0 bridgehead atoms. The van der Waals surface area contributed by atoms with Crippen LogP contribution in [0.25, 0.3) is 16.6 Å². The van der Waals surface area contributed by atoms with Crippen molar-refractivity contribution in [2.24, 2.45) is 0 Å². The minimum Gasteiger partial charge on any atom is -0.489 e. The first kappa shape index (κ1) is 25.4. The van der Waals surface area contributed by atoms with E-state index in [1.165, 1.54) is 0 Å². The van der Waals surface area contributed by atoms with Gasteiger partial charge in [0, 0.05) is 35.7 Å². The van der Waals surface area contributed by atoms with Crippen molar-refractivity contribution in [3.63, 3.8) is 0 Å². The fraction of sp³-hybridized carbons (Fsp3) is 0.200. The van der Waals surface area contributed by atoms with Gasteiger partial charge >= 0.3 is 0 Å². The molecule has 3 aromatic carbocycles. The molecule has 0 saturated heterocycles. The number of aromatic nitrogens is 1. The van der Waals surface area contributed by atoms with Crippen LogP contribution in [0.2, 0.25) is 0 Å². The second-order valence-corrected chi connectivity index (χ2v) is 9.23. The van der Waals surface area contributed by atoms with E-state index in [9.17, 15) is 4.79 Å². The molecule has 0 fully saturated rings. The van der Waals surface area contributed by atoms with E-state index in [-0.39, 0.29) is 12.5 Å². The molecule has 38 heavy (non-hydrogen) atoms. The van der Waals surface area contributed by atoms with Crippen LogP contribution in [0.15, 0.2) is 91.0 Å². The average molecular weight is 511 g/mol. The zero-order chi connectivity index (χ0) is 26.3. The number of carbonyl (C=O) groups is 1. The number of pyridine rings is 1. The second kappa shape index (κ2) is 11.9. The molecule has 0 saturated carbocycles. The number of benzene rings is 3. The van der Waals surface area contributed by atoms with E-state index in [2.05, 4.69) is 27.9 Å². The maximum absolute atomic E-state index is 11.9. The summed E-state index contributed by atoms with van der Waals surface area (Å²) in [5.41, 5.74) is 10.5. The molecular formula is C30H30N4O4. The van der Waals surface area contributed by atoms with Crippen molar-refractivity contribution in [3.05, 3.63) is 113 Å². The number of para-hydroxylation sites is 1. The van der Waals surface area contributed by atoms with E-state index in [1.807, 2.05) is 85.8 Å². The highest BCUT2D eigenvalue weighted by molar-refractivity contribution is 5.82. The number of nitrogens with zero attached hydrogens (tertiary/aromatic N) is 1. The SMILES string of the molecule is Cc1cc(COc2ccc(C3=CC(C(CC(=O)NO)NCc4ccccc4)ON3)cc2)c2ccccc2n1. The highest BCUT2D eigenvalue weighted by Gasteiger charge is 2.28. The van der Waals surface area contributed by atoms with Gasteiger partial charge in [-0.1, -0.05) is 48.5 Å². The van der Waals surface area contributed by atoms with Crippen LogP contribution in [0.4, 0.5) is 0 Å². The summed E-state index contributed by atoms with van der Waals surface area (Å²) >= 11 is 0. The summed E-state index contributed by atoms with van der Waals surface area (Å²) in [5, 5.41) is 13.5. The van der Waals surface area contributed by atoms with Gasteiger partial charge in [0.1, 0.15) is 18.5 Å². The van der Waals surface area contributed by atoms with Crippen LogP contribution in [-0.2, 0) is 22.8 Å².